The van der Waals surface area contributed by atoms with Gasteiger partial charge < -0.3 is 20.1 Å². The average molecular weight is 561 g/mol. The fraction of sp³-hybridized carbons (Fsp3) is 0.818. The van der Waals surface area contributed by atoms with Crippen LogP contribution in [0.4, 0.5) is 0 Å². The fourth-order valence-corrected chi connectivity index (χ4v) is 4.45. The molecule has 1 atom stereocenters. The molecule has 32 heavy (non-hydrogen) atoms. The van der Waals surface area contributed by atoms with E-state index in [-0.39, 0.29) is 35.8 Å². The van der Waals surface area contributed by atoms with Crippen molar-refractivity contribution in [3.05, 3.63) is 11.6 Å². The summed E-state index contributed by atoms with van der Waals surface area (Å²) in [4.78, 5) is 21.6. The van der Waals surface area contributed by atoms with Crippen molar-refractivity contribution in [1.82, 2.24) is 35.2 Å². The molecule has 0 aliphatic carbocycles. The Morgan fingerprint density at radius 3 is 2.50 bits per heavy atom. The minimum absolute atomic E-state index is 0. The summed E-state index contributed by atoms with van der Waals surface area (Å²) in [7, 11) is 1.97. The molecule has 2 fully saturated rings. The van der Waals surface area contributed by atoms with Crippen LogP contribution in [0.1, 0.15) is 58.1 Å². The second-order valence-electron chi connectivity index (χ2n) is 9.09. The predicted molar refractivity (Wildman–Crippen MR) is 138 cm³/mol. The highest BCUT2D eigenvalue weighted by Crippen LogP contribution is 2.16. The van der Waals surface area contributed by atoms with Gasteiger partial charge in [0, 0.05) is 44.7 Å². The third-order valence-electron chi connectivity index (χ3n) is 6.61. The predicted octanol–water partition coefficient (Wildman–Crippen LogP) is 1.91. The van der Waals surface area contributed by atoms with Gasteiger partial charge in [-0.2, -0.15) is 0 Å². The molecule has 2 saturated heterocycles. The molecular weight excluding hydrogens is 519 g/mol. The molecule has 0 saturated carbocycles. The lowest BCUT2D eigenvalue weighted by Gasteiger charge is -2.34. The van der Waals surface area contributed by atoms with Crippen LogP contribution in [0.5, 0.6) is 0 Å². The highest BCUT2D eigenvalue weighted by atomic mass is 127. The quantitative estimate of drug-likeness (QED) is 0.301. The molecule has 9 nitrogen and oxygen atoms in total. The van der Waals surface area contributed by atoms with Crippen LogP contribution in [-0.2, 0) is 18.4 Å². The number of rotatable bonds is 7. The molecule has 3 heterocycles. The van der Waals surface area contributed by atoms with Gasteiger partial charge in [-0.05, 0) is 45.7 Å². The third-order valence-corrected chi connectivity index (χ3v) is 6.61. The molecule has 1 aromatic rings. The lowest BCUT2D eigenvalue weighted by molar-refractivity contribution is -0.135. The zero-order chi connectivity index (χ0) is 22.4. The number of hydrogen-bond acceptors (Lipinski definition) is 5. The van der Waals surface area contributed by atoms with Gasteiger partial charge in [-0.25, -0.2) is 4.99 Å². The number of aromatic nitrogens is 3. The number of aryl methyl sites for hydroxylation is 1. The molecule has 182 valence electrons. The lowest BCUT2D eigenvalue weighted by Crippen LogP contribution is -2.52. The topological polar surface area (TPSA) is 90.7 Å². The van der Waals surface area contributed by atoms with E-state index in [2.05, 4.69) is 32.7 Å². The Balaban J connectivity index is 0.00000363. The van der Waals surface area contributed by atoms with Crippen LogP contribution in [0.25, 0.3) is 0 Å². The Morgan fingerprint density at radius 2 is 1.91 bits per heavy atom. The molecule has 1 aromatic heterocycles. The van der Waals surface area contributed by atoms with E-state index >= 15 is 0 Å². The lowest BCUT2D eigenvalue weighted by atomic mass is 10.0. The van der Waals surface area contributed by atoms with Gasteiger partial charge in [0.1, 0.15) is 12.4 Å². The number of nitrogens with zero attached hydrogens (tertiary/aromatic N) is 6. The first-order valence-electron chi connectivity index (χ1n) is 11.8. The Hall–Kier alpha value is -1.43. The van der Waals surface area contributed by atoms with Gasteiger partial charge in [0.05, 0.1) is 0 Å². The molecule has 0 radical (unpaired) electrons. The molecule has 10 heteroatoms. The second kappa shape index (κ2) is 12.7. The maximum Gasteiger partial charge on any atom is 0.225 e. The average Bonchev–Trinajstić information content (AvgIpc) is 3.36. The highest BCUT2D eigenvalue weighted by molar-refractivity contribution is 14.0. The van der Waals surface area contributed by atoms with E-state index in [0.717, 1.165) is 56.6 Å². The van der Waals surface area contributed by atoms with Crippen molar-refractivity contribution in [3.63, 3.8) is 0 Å². The standard InChI is InChI=1S/C22H40N8O.HI/c1-6-29-11-7-8-19(29)14-23-22(24-15-20-27-26-17(4)28(20)5)25-18-9-12-30(13-10-18)21(31)16(2)3;/h16,18-19H,6-15H2,1-5H3,(H2,23,24,25);1H. The van der Waals surface area contributed by atoms with E-state index in [1.807, 2.05) is 37.3 Å². The SMILES string of the molecule is CCN1CCCC1CNC(=NCc1nnc(C)n1C)NC1CCN(C(=O)C(C)C)CC1.I. The summed E-state index contributed by atoms with van der Waals surface area (Å²) in [6.07, 6.45) is 4.37. The summed E-state index contributed by atoms with van der Waals surface area (Å²) in [5, 5.41) is 15.6. The van der Waals surface area contributed by atoms with Gasteiger partial charge in [0.15, 0.2) is 11.8 Å². The molecule has 1 unspecified atom stereocenters. The number of hydrogen-bond donors (Lipinski definition) is 2. The van der Waals surface area contributed by atoms with Crippen molar-refractivity contribution in [2.75, 3.05) is 32.7 Å². The highest BCUT2D eigenvalue weighted by Gasteiger charge is 2.26. The van der Waals surface area contributed by atoms with Crippen LogP contribution in [0.2, 0.25) is 0 Å². The van der Waals surface area contributed by atoms with E-state index in [0.29, 0.717) is 18.6 Å². The smallest absolute Gasteiger partial charge is 0.225 e. The number of carbonyl (C=O) groups is 1. The van der Waals surface area contributed by atoms with Gasteiger partial charge in [-0.15, -0.1) is 34.2 Å². The van der Waals surface area contributed by atoms with Gasteiger partial charge in [0.2, 0.25) is 5.91 Å². The van der Waals surface area contributed by atoms with Crippen LogP contribution in [-0.4, -0.2) is 81.2 Å². The van der Waals surface area contributed by atoms with E-state index in [9.17, 15) is 4.79 Å². The first kappa shape index (κ1) is 26.8. The van der Waals surface area contributed by atoms with Crippen molar-refractivity contribution in [1.29, 1.82) is 0 Å². The molecule has 1 amide bonds. The van der Waals surface area contributed by atoms with Crippen molar-refractivity contribution in [3.8, 4) is 0 Å². The molecular formula is C22H41IN8O. The monoisotopic (exact) mass is 560 g/mol. The summed E-state index contributed by atoms with van der Waals surface area (Å²) in [6.45, 7) is 13.4. The number of halogens is 1. The normalized spacial score (nSPS) is 20.5. The van der Waals surface area contributed by atoms with E-state index < -0.39 is 0 Å². The maximum atomic E-state index is 12.3. The fourth-order valence-electron chi connectivity index (χ4n) is 4.45. The summed E-state index contributed by atoms with van der Waals surface area (Å²) in [5.41, 5.74) is 0. The molecule has 2 aliphatic rings. The van der Waals surface area contributed by atoms with Crippen LogP contribution in [0.3, 0.4) is 0 Å². The largest absolute Gasteiger partial charge is 0.355 e. The summed E-state index contributed by atoms with van der Waals surface area (Å²) in [5.74, 6) is 2.89. The number of guanidine groups is 1. The van der Waals surface area contributed by atoms with Crippen LogP contribution in [0, 0.1) is 12.8 Å². The van der Waals surface area contributed by atoms with Crippen LogP contribution in [0.15, 0.2) is 4.99 Å². The number of aliphatic imine (C=N–C) groups is 1. The van der Waals surface area contributed by atoms with Crippen LogP contribution < -0.4 is 10.6 Å². The summed E-state index contributed by atoms with van der Waals surface area (Å²) >= 11 is 0. The van der Waals surface area contributed by atoms with Crippen LogP contribution >= 0.6 is 24.0 Å². The van der Waals surface area contributed by atoms with Crippen molar-refractivity contribution in [2.45, 2.75) is 72.0 Å². The van der Waals surface area contributed by atoms with Crippen molar-refractivity contribution >= 4 is 35.8 Å². The maximum absolute atomic E-state index is 12.3. The summed E-state index contributed by atoms with van der Waals surface area (Å²) < 4.78 is 1.98. The number of likely N-dealkylation sites (tertiary alicyclic amines) is 2. The zero-order valence-corrected chi connectivity index (χ0v) is 22.6. The Bertz CT molecular complexity index is 757. The minimum atomic E-state index is 0. The minimum Gasteiger partial charge on any atom is -0.355 e. The van der Waals surface area contributed by atoms with Crippen molar-refractivity contribution < 1.29 is 4.79 Å². The van der Waals surface area contributed by atoms with E-state index in [1.165, 1.54) is 19.4 Å². The van der Waals surface area contributed by atoms with E-state index in [4.69, 9.17) is 4.99 Å². The molecule has 3 rings (SSSR count). The Labute approximate surface area is 209 Å². The van der Waals surface area contributed by atoms with E-state index in [1.54, 1.807) is 0 Å². The molecule has 2 N–H and O–H groups in total. The first-order valence-corrected chi connectivity index (χ1v) is 11.8. The summed E-state index contributed by atoms with van der Waals surface area (Å²) in [6, 6.07) is 0.870. The third kappa shape index (κ3) is 7.03. The zero-order valence-electron chi connectivity index (χ0n) is 20.3. The van der Waals surface area contributed by atoms with Gasteiger partial charge >= 0.3 is 0 Å². The first-order chi connectivity index (χ1) is 14.9. The molecule has 0 bridgehead atoms. The van der Waals surface area contributed by atoms with Crippen molar-refractivity contribution in [2.24, 2.45) is 18.0 Å². The molecule has 0 spiro atoms. The number of carbonyl (C=O) groups excluding carboxylic acids is 1. The van der Waals surface area contributed by atoms with Gasteiger partial charge in [-0.1, -0.05) is 20.8 Å². The Morgan fingerprint density at radius 1 is 1.19 bits per heavy atom. The van der Waals surface area contributed by atoms with Gasteiger partial charge in [0.25, 0.3) is 0 Å². The molecule has 0 aromatic carbocycles. The number of nitrogens with one attached hydrogen (secondary N) is 2. The Kier molecular flexibility index (Phi) is 10.7. The van der Waals surface area contributed by atoms with Gasteiger partial charge in [-0.3, -0.25) is 9.69 Å². The molecule has 2 aliphatic heterocycles. The number of amides is 1. The number of likely N-dealkylation sites (N-methyl/N-ethyl adjacent to an activating group) is 1. The second-order valence-corrected chi connectivity index (χ2v) is 9.09. The number of piperidine rings is 1.